The number of ether oxygens (including phenoxy) is 2. The van der Waals surface area contributed by atoms with Crippen LogP contribution in [-0.2, 0) is 28.7 Å². The molecule has 1 unspecified atom stereocenters. The van der Waals surface area contributed by atoms with E-state index in [0.717, 1.165) is 52.1 Å². The van der Waals surface area contributed by atoms with Gasteiger partial charge >= 0.3 is 12.1 Å². The molecule has 1 saturated heterocycles. The lowest BCUT2D eigenvalue weighted by Gasteiger charge is -2.28. The monoisotopic (exact) mass is 876 g/mol. The predicted molar refractivity (Wildman–Crippen MR) is 249 cm³/mol. The summed E-state index contributed by atoms with van der Waals surface area (Å²) in [5.74, 6) is -1.51. The standard InChI is InChI=1S/C52H56N6O7/c1-31(2)64-46(59)29-41(33-13-7-5-8-14-33)51(62)58-26-12-19-45(58)50(61)54-38-23-20-34(21-24-38)43-28-37-27-36(22-25-42(37)55-43)44-30-53-49(56-44)40-18-11-17-39(40)48(60)47(35-15-9-6-10-16-35)57-52(63)65-32(3)4/h5-10,13-16,20-25,27-28,30-32,39-41,45,47,55H,11-12,17-19,26,29H2,1-4H3,(H,53,56)(H,54,61)(H,57,63)/t39?,40-,41-,45+,47-/m1/s1. The molecular weight excluding hydrogens is 821 g/mol. The molecule has 4 aromatic carbocycles. The molecule has 65 heavy (non-hydrogen) atoms. The first kappa shape index (κ1) is 44.6. The van der Waals surface area contributed by atoms with E-state index in [1.165, 1.54) is 0 Å². The summed E-state index contributed by atoms with van der Waals surface area (Å²) in [5.41, 5.74) is 6.61. The largest absolute Gasteiger partial charge is 0.463 e. The van der Waals surface area contributed by atoms with Crippen molar-refractivity contribution in [2.24, 2.45) is 5.92 Å². The van der Waals surface area contributed by atoms with Crippen molar-refractivity contribution in [1.82, 2.24) is 25.2 Å². The minimum Gasteiger partial charge on any atom is -0.463 e. The second-order valence-electron chi connectivity index (χ2n) is 17.6. The number of hydrogen-bond acceptors (Lipinski definition) is 8. The first-order chi connectivity index (χ1) is 31.4. The van der Waals surface area contributed by atoms with Gasteiger partial charge in [0.2, 0.25) is 11.8 Å². The van der Waals surface area contributed by atoms with Crippen molar-refractivity contribution in [2.75, 3.05) is 11.9 Å². The van der Waals surface area contributed by atoms with Crippen molar-refractivity contribution < 1.29 is 33.4 Å². The summed E-state index contributed by atoms with van der Waals surface area (Å²) in [5, 5.41) is 6.85. The Morgan fingerprint density at radius 2 is 1.43 bits per heavy atom. The molecule has 4 N–H and O–H groups in total. The number of fused-ring (bicyclic) bond motifs is 1. The number of benzene rings is 4. The van der Waals surface area contributed by atoms with Gasteiger partial charge in [-0.25, -0.2) is 9.78 Å². The minimum atomic E-state index is -0.836. The second kappa shape index (κ2) is 19.8. The molecule has 3 heterocycles. The van der Waals surface area contributed by atoms with Crippen LogP contribution in [0.15, 0.2) is 115 Å². The SMILES string of the molecule is CC(C)OC(=O)C[C@@H](C(=O)N1CCC[C@H]1C(=O)Nc1ccc(-c2cc3cc(-c4cnc([C@@H]5CCCC5C(=O)[C@H](NC(=O)OC(C)C)c5ccccc5)[nH]4)ccc3[nH]2)cc1)c1ccccc1. The quantitative estimate of drug-likeness (QED) is 0.0738. The van der Waals surface area contributed by atoms with Crippen molar-refractivity contribution in [2.45, 2.75) is 102 Å². The summed E-state index contributed by atoms with van der Waals surface area (Å²) in [6, 6.07) is 32.8. The normalized spacial score (nSPS) is 18.1. The summed E-state index contributed by atoms with van der Waals surface area (Å²) in [6.45, 7) is 7.52. The van der Waals surface area contributed by atoms with E-state index >= 15 is 0 Å². The fraction of sp³-hybridized carbons (Fsp3) is 0.346. The summed E-state index contributed by atoms with van der Waals surface area (Å²) in [7, 11) is 0. The number of rotatable bonds is 15. The Morgan fingerprint density at radius 1 is 0.738 bits per heavy atom. The molecule has 0 bridgehead atoms. The van der Waals surface area contributed by atoms with Crippen LogP contribution in [0.2, 0.25) is 0 Å². The zero-order valence-electron chi connectivity index (χ0n) is 37.2. The van der Waals surface area contributed by atoms with Gasteiger partial charge in [-0.3, -0.25) is 19.2 Å². The Bertz CT molecular complexity index is 2640. The van der Waals surface area contributed by atoms with Gasteiger partial charge in [0.15, 0.2) is 5.78 Å². The average Bonchev–Trinajstić information content (AvgIpc) is 4.14. The molecule has 336 valence electrons. The molecule has 0 spiro atoms. The maximum atomic E-state index is 14.2. The smallest absolute Gasteiger partial charge is 0.408 e. The van der Waals surface area contributed by atoms with Crippen LogP contribution in [0.1, 0.15) is 101 Å². The van der Waals surface area contributed by atoms with E-state index in [1.807, 2.05) is 103 Å². The second-order valence-corrected chi connectivity index (χ2v) is 17.6. The number of ketones is 1. The molecule has 1 saturated carbocycles. The molecule has 2 aliphatic rings. The van der Waals surface area contributed by atoms with Crippen LogP contribution in [0.3, 0.4) is 0 Å². The van der Waals surface area contributed by atoms with E-state index < -0.39 is 30.1 Å². The highest BCUT2D eigenvalue weighted by molar-refractivity contribution is 5.99. The Labute approximate surface area is 378 Å². The number of carbonyl (C=O) groups excluding carboxylic acids is 5. The Morgan fingerprint density at radius 3 is 2.14 bits per heavy atom. The number of hydrogen-bond donors (Lipinski definition) is 4. The van der Waals surface area contributed by atoms with E-state index in [9.17, 15) is 24.0 Å². The number of amides is 3. The van der Waals surface area contributed by atoms with Gasteiger partial charge in [-0.15, -0.1) is 0 Å². The third-order valence-corrected chi connectivity index (χ3v) is 12.3. The van der Waals surface area contributed by atoms with Crippen molar-refractivity contribution in [1.29, 1.82) is 0 Å². The molecular formula is C52H56N6O7. The van der Waals surface area contributed by atoms with Gasteiger partial charge in [-0.2, -0.15) is 0 Å². The summed E-state index contributed by atoms with van der Waals surface area (Å²) < 4.78 is 10.7. The molecule has 6 aromatic rings. The lowest BCUT2D eigenvalue weighted by atomic mass is 9.85. The number of Topliss-reactive ketones (excluding diaryl/α,β-unsaturated/α-hetero) is 1. The summed E-state index contributed by atoms with van der Waals surface area (Å²) in [4.78, 5) is 80.8. The van der Waals surface area contributed by atoms with Crippen molar-refractivity contribution >= 4 is 46.3 Å². The third-order valence-electron chi connectivity index (χ3n) is 12.3. The topological polar surface area (TPSA) is 176 Å². The number of alkyl carbamates (subject to hydrolysis) is 1. The average molecular weight is 877 g/mol. The Hall–Kier alpha value is -7.02. The maximum absolute atomic E-state index is 14.2. The molecule has 13 nitrogen and oxygen atoms in total. The maximum Gasteiger partial charge on any atom is 0.408 e. The fourth-order valence-corrected chi connectivity index (χ4v) is 9.27. The van der Waals surface area contributed by atoms with Gasteiger partial charge in [0.25, 0.3) is 0 Å². The number of anilines is 1. The molecule has 8 rings (SSSR count). The van der Waals surface area contributed by atoms with E-state index in [1.54, 1.807) is 32.6 Å². The highest BCUT2D eigenvalue weighted by Gasteiger charge is 2.41. The fourth-order valence-electron chi connectivity index (χ4n) is 9.27. The predicted octanol–water partition coefficient (Wildman–Crippen LogP) is 9.61. The molecule has 13 heteroatoms. The lowest BCUT2D eigenvalue weighted by molar-refractivity contribution is -0.150. The number of imidazole rings is 1. The summed E-state index contributed by atoms with van der Waals surface area (Å²) >= 11 is 0. The van der Waals surface area contributed by atoms with Crippen LogP contribution in [0.4, 0.5) is 10.5 Å². The molecule has 2 fully saturated rings. The van der Waals surface area contributed by atoms with Gasteiger partial charge in [-0.05, 0) is 100 Å². The lowest BCUT2D eigenvalue weighted by Crippen LogP contribution is -2.45. The van der Waals surface area contributed by atoms with Crippen LogP contribution < -0.4 is 10.6 Å². The summed E-state index contributed by atoms with van der Waals surface area (Å²) in [6.07, 6.45) is 4.04. The number of nitrogens with zero attached hydrogens (tertiary/aromatic N) is 2. The molecule has 1 aliphatic carbocycles. The number of esters is 1. The zero-order valence-corrected chi connectivity index (χ0v) is 37.2. The van der Waals surface area contributed by atoms with Gasteiger partial charge in [0, 0.05) is 46.2 Å². The van der Waals surface area contributed by atoms with Crippen molar-refractivity contribution in [3.05, 3.63) is 132 Å². The molecule has 2 aromatic heterocycles. The van der Waals surface area contributed by atoms with Crippen LogP contribution >= 0.6 is 0 Å². The molecule has 5 atom stereocenters. The van der Waals surface area contributed by atoms with E-state index in [-0.39, 0.29) is 48.1 Å². The van der Waals surface area contributed by atoms with Gasteiger partial charge < -0.3 is 35.0 Å². The van der Waals surface area contributed by atoms with Crippen LogP contribution in [0, 0.1) is 5.92 Å². The number of likely N-dealkylation sites (tertiary alicyclic amines) is 1. The number of carbonyl (C=O) groups is 5. The zero-order chi connectivity index (χ0) is 45.6. The molecule has 0 radical (unpaired) electrons. The van der Waals surface area contributed by atoms with Crippen molar-refractivity contribution in [3.8, 4) is 22.5 Å². The highest BCUT2D eigenvalue weighted by Crippen LogP contribution is 2.42. The van der Waals surface area contributed by atoms with Crippen molar-refractivity contribution in [3.63, 3.8) is 0 Å². The first-order valence-electron chi connectivity index (χ1n) is 22.6. The third kappa shape index (κ3) is 10.4. The Kier molecular flexibility index (Phi) is 13.6. The number of aromatic nitrogens is 3. The van der Waals surface area contributed by atoms with Gasteiger partial charge in [-0.1, -0.05) is 85.3 Å². The van der Waals surface area contributed by atoms with E-state index in [2.05, 4.69) is 32.7 Å². The number of aromatic amines is 2. The highest BCUT2D eigenvalue weighted by atomic mass is 16.6. The van der Waals surface area contributed by atoms with Crippen LogP contribution in [-0.4, -0.2) is 74.3 Å². The van der Waals surface area contributed by atoms with E-state index in [4.69, 9.17) is 14.5 Å². The van der Waals surface area contributed by atoms with Crippen LogP contribution in [0.25, 0.3) is 33.4 Å². The van der Waals surface area contributed by atoms with E-state index in [0.29, 0.717) is 42.6 Å². The van der Waals surface area contributed by atoms with Gasteiger partial charge in [0.05, 0.1) is 36.4 Å². The minimum absolute atomic E-state index is 0.0580. The molecule has 3 amide bonds. The van der Waals surface area contributed by atoms with Crippen LogP contribution in [0.5, 0.6) is 0 Å². The number of H-pyrrole nitrogens is 2. The number of nitrogens with one attached hydrogen (secondary N) is 4. The Balaban J connectivity index is 0.927. The van der Waals surface area contributed by atoms with Gasteiger partial charge in [0.1, 0.15) is 17.9 Å². The molecule has 1 aliphatic heterocycles. The first-order valence-corrected chi connectivity index (χ1v) is 22.6.